The topological polar surface area (TPSA) is 85.4 Å². The smallest absolute Gasteiger partial charge is 0.251 e. The van der Waals surface area contributed by atoms with Gasteiger partial charge in [-0.05, 0) is 48.5 Å². The number of nitrogens with one attached hydrogen (secondary N) is 2. The first-order valence-corrected chi connectivity index (χ1v) is 8.89. The second-order valence-corrected chi connectivity index (χ2v) is 5.88. The van der Waals surface area contributed by atoms with E-state index >= 15 is 0 Å². The maximum Gasteiger partial charge on any atom is 0.251 e. The summed E-state index contributed by atoms with van der Waals surface area (Å²) in [5, 5.41) is 6.00. The van der Waals surface area contributed by atoms with Gasteiger partial charge in [-0.15, -0.1) is 0 Å². The Hall–Kier alpha value is -3.61. The molecule has 3 aromatic rings. The molecule has 0 spiro atoms. The van der Waals surface area contributed by atoms with Crippen LogP contribution in [0.3, 0.4) is 0 Å². The van der Waals surface area contributed by atoms with Gasteiger partial charge >= 0.3 is 0 Å². The summed E-state index contributed by atoms with van der Waals surface area (Å²) in [6.07, 6.45) is 3.34. The molecule has 0 aliphatic heterocycles. The van der Waals surface area contributed by atoms with Gasteiger partial charge in [0.25, 0.3) is 5.91 Å². The molecule has 0 radical (unpaired) electrons. The lowest BCUT2D eigenvalue weighted by Gasteiger charge is -2.09. The normalized spacial score (nSPS) is 10.2. The van der Waals surface area contributed by atoms with E-state index in [1.54, 1.807) is 31.6 Å². The minimum atomic E-state index is -0.179. The molecule has 7 nitrogen and oxygen atoms in total. The van der Waals surface area contributed by atoms with Crippen LogP contribution in [0.2, 0.25) is 0 Å². The van der Waals surface area contributed by atoms with Gasteiger partial charge in [-0.3, -0.25) is 9.78 Å². The zero-order valence-corrected chi connectivity index (χ0v) is 15.6. The fourth-order valence-corrected chi connectivity index (χ4v) is 2.46. The minimum absolute atomic E-state index is 0.179. The van der Waals surface area contributed by atoms with Crippen molar-refractivity contribution in [1.82, 2.24) is 15.3 Å². The molecular formula is C21H22N4O3. The molecule has 0 saturated heterocycles. The molecule has 7 heteroatoms. The van der Waals surface area contributed by atoms with Crippen molar-refractivity contribution in [2.75, 3.05) is 25.6 Å². The van der Waals surface area contributed by atoms with Crippen LogP contribution in [-0.4, -0.2) is 36.1 Å². The van der Waals surface area contributed by atoms with Gasteiger partial charge in [-0.1, -0.05) is 6.07 Å². The highest BCUT2D eigenvalue weighted by Crippen LogP contribution is 2.16. The Balaban J connectivity index is 1.44. The SMILES string of the molecule is COc1ccc(OCCNC(=O)c2ccnc(NCc3ccccn3)c2)cc1. The first kappa shape index (κ1) is 19.2. The molecule has 0 unspecified atom stereocenters. The highest BCUT2D eigenvalue weighted by molar-refractivity contribution is 5.94. The fourth-order valence-electron chi connectivity index (χ4n) is 2.46. The van der Waals surface area contributed by atoms with E-state index in [4.69, 9.17) is 9.47 Å². The predicted octanol–water partition coefficient (Wildman–Crippen LogP) is 2.91. The zero-order valence-electron chi connectivity index (χ0n) is 15.6. The zero-order chi connectivity index (χ0) is 19.6. The largest absolute Gasteiger partial charge is 0.497 e. The Bertz CT molecular complexity index is 886. The Kier molecular flexibility index (Phi) is 6.78. The van der Waals surface area contributed by atoms with E-state index < -0.39 is 0 Å². The lowest BCUT2D eigenvalue weighted by Crippen LogP contribution is -2.28. The molecule has 0 aliphatic carbocycles. The molecule has 0 aliphatic rings. The molecule has 1 aromatic carbocycles. The number of anilines is 1. The highest BCUT2D eigenvalue weighted by atomic mass is 16.5. The number of pyridine rings is 2. The molecule has 1 amide bonds. The number of carbonyl (C=O) groups is 1. The van der Waals surface area contributed by atoms with Crippen LogP contribution in [0.25, 0.3) is 0 Å². The number of amides is 1. The lowest BCUT2D eigenvalue weighted by atomic mass is 10.2. The van der Waals surface area contributed by atoms with Gasteiger partial charge in [0, 0.05) is 18.0 Å². The van der Waals surface area contributed by atoms with Crippen molar-refractivity contribution in [2.45, 2.75) is 6.54 Å². The van der Waals surface area contributed by atoms with Crippen molar-refractivity contribution in [1.29, 1.82) is 0 Å². The number of rotatable bonds is 9. The monoisotopic (exact) mass is 378 g/mol. The van der Waals surface area contributed by atoms with E-state index in [0.29, 0.717) is 31.1 Å². The van der Waals surface area contributed by atoms with Crippen LogP contribution in [0.5, 0.6) is 11.5 Å². The van der Waals surface area contributed by atoms with E-state index in [-0.39, 0.29) is 5.91 Å². The van der Waals surface area contributed by atoms with Crippen LogP contribution in [0.4, 0.5) is 5.82 Å². The third kappa shape index (κ3) is 5.70. The summed E-state index contributed by atoms with van der Waals surface area (Å²) in [6, 6.07) is 16.4. The molecule has 2 heterocycles. The summed E-state index contributed by atoms with van der Waals surface area (Å²) in [4.78, 5) is 20.8. The maximum atomic E-state index is 12.3. The van der Waals surface area contributed by atoms with Crippen molar-refractivity contribution in [3.63, 3.8) is 0 Å². The molecule has 0 saturated carbocycles. The second-order valence-electron chi connectivity index (χ2n) is 5.88. The molecular weight excluding hydrogens is 356 g/mol. The van der Waals surface area contributed by atoms with Crippen LogP contribution >= 0.6 is 0 Å². The number of aromatic nitrogens is 2. The Labute approximate surface area is 163 Å². The molecule has 2 N–H and O–H groups in total. The van der Waals surface area contributed by atoms with Crippen LogP contribution in [0, 0.1) is 0 Å². The number of benzene rings is 1. The van der Waals surface area contributed by atoms with Gasteiger partial charge in [-0.2, -0.15) is 0 Å². The van der Waals surface area contributed by atoms with Gasteiger partial charge in [0.15, 0.2) is 0 Å². The van der Waals surface area contributed by atoms with E-state index in [1.165, 1.54) is 0 Å². The van der Waals surface area contributed by atoms with Gasteiger partial charge in [0.05, 0.1) is 25.9 Å². The van der Waals surface area contributed by atoms with Crippen LogP contribution in [0.1, 0.15) is 16.1 Å². The fraction of sp³-hybridized carbons (Fsp3) is 0.190. The maximum absolute atomic E-state index is 12.3. The van der Waals surface area contributed by atoms with Gasteiger partial charge < -0.3 is 20.1 Å². The Morgan fingerprint density at radius 1 is 1.00 bits per heavy atom. The van der Waals surface area contributed by atoms with E-state index in [0.717, 1.165) is 17.2 Å². The second kappa shape index (κ2) is 9.91. The molecule has 28 heavy (non-hydrogen) atoms. The first-order valence-electron chi connectivity index (χ1n) is 8.89. The number of hydrogen-bond acceptors (Lipinski definition) is 6. The third-order valence-electron chi connectivity index (χ3n) is 3.91. The van der Waals surface area contributed by atoms with Gasteiger partial charge in [0.2, 0.25) is 0 Å². The van der Waals surface area contributed by atoms with Crippen LogP contribution in [0.15, 0.2) is 67.0 Å². The van der Waals surface area contributed by atoms with E-state index in [9.17, 15) is 4.79 Å². The molecule has 0 fully saturated rings. The number of methoxy groups -OCH3 is 1. The van der Waals surface area contributed by atoms with Crippen LogP contribution in [-0.2, 0) is 6.54 Å². The van der Waals surface area contributed by atoms with Crippen molar-refractivity contribution in [3.05, 3.63) is 78.2 Å². The summed E-state index contributed by atoms with van der Waals surface area (Å²) in [7, 11) is 1.62. The third-order valence-corrected chi connectivity index (χ3v) is 3.91. The quantitative estimate of drug-likeness (QED) is 0.557. The highest BCUT2D eigenvalue weighted by Gasteiger charge is 2.07. The summed E-state index contributed by atoms with van der Waals surface area (Å²) < 4.78 is 10.7. The summed E-state index contributed by atoms with van der Waals surface area (Å²) in [5.74, 6) is 1.93. The summed E-state index contributed by atoms with van der Waals surface area (Å²) in [5.41, 5.74) is 1.43. The molecule has 3 rings (SSSR count). The average molecular weight is 378 g/mol. The lowest BCUT2D eigenvalue weighted by molar-refractivity contribution is 0.0947. The standard InChI is InChI=1S/C21H22N4O3/c1-27-18-5-7-19(8-6-18)28-13-12-24-21(26)16-9-11-23-20(14-16)25-15-17-4-2-3-10-22-17/h2-11,14H,12-13,15H2,1H3,(H,23,25)(H,24,26). The van der Waals surface area contributed by atoms with Gasteiger partial charge in [0.1, 0.15) is 23.9 Å². The minimum Gasteiger partial charge on any atom is -0.497 e. The average Bonchev–Trinajstić information content (AvgIpc) is 2.76. The van der Waals surface area contributed by atoms with Crippen molar-refractivity contribution >= 4 is 11.7 Å². The predicted molar refractivity (Wildman–Crippen MR) is 107 cm³/mol. The first-order chi connectivity index (χ1) is 13.7. The van der Waals surface area contributed by atoms with Crippen LogP contribution < -0.4 is 20.1 Å². The summed E-state index contributed by atoms with van der Waals surface area (Å²) in [6.45, 7) is 1.30. The van der Waals surface area contributed by atoms with Crippen molar-refractivity contribution in [3.8, 4) is 11.5 Å². The summed E-state index contributed by atoms with van der Waals surface area (Å²) >= 11 is 0. The van der Waals surface area contributed by atoms with Crippen molar-refractivity contribution < 1.29 is 14.3 Å². The molecule has 0 atom stereocenters. The van der Waals surface area contributed by atoms with E-state index in [1.807, 2.05) is 42.5 Å². The molecule has 0 bridgehead atoms. The van der Waals surface area contributed by atoms with Gasteiger partial charge in [-0.25, -0.2) is 4.98 Å². The number of hydrogen-bond donors (Lipinski definition) is 2. The molecule has 2 aromatic heterocycles. The van der Waals surface area contributed by atoms with Crippen molar-refractivity contribution in [2.24, 2.45) is 0 Å². The number of ether oxygens (including phenoxy) is 2. The van der Waals surface area contributed by atoms with E-state index in [2.05, 4.69) is 20.6 Å². The number of nitrogens with zero attached hydrogens (tertiary/aromatic N) is 2. The number of carbonyl (C=O) groups excluding carboxylic acids is 1. The Morgan fingerprint density at radius 3 is 2.57 bits per heavy atom. The Morgan fingerprint density at radius 2 is 1.82 bits per heavy atom. The molecule has 144 valence electrons.